The molecule has 0 spiro atoms. The smallest absolute Gasteiger partial charge is 0.312 e. The van der Waals surface area contributed by atoms with E-state index >= 15 is 0 Å². The molecular weight excluding hydrogens is 230 g/mol. The van der Waals surface area contributed by atoms with Gasteiger partial charge < -0.3 is 15.5 Å². The van der Waals surface area contributed by atoms with Crippen molar-refractivity contribution in [1.29, 1.82) is 0 Å². The first-order valence-corrected chi connectivity index (χ1v) is 5.52. The minimum atomic E-state index is -0.498. The van der Waals surface area contributed by atoms with Gasteiger partial charge in [0.05, 0.1) is 6.54 Å². The molecule has 8 heteroatoms. The molecule has 0 bridgehead atoms. The Morgan fingerprint density at radius 3 is 2.69 bits per heavy atom. The zero-order chi connectivity index (χ0) is 11.7. The summed E-state index contributed by atoms with van der Waals surface area (Å²) >= 11 is 1.22. The minimum absolute atomic E-state index is 0.299. The number of hydrogen-bond acceptors (Lipinski definition) is 6. The van der Waals surface area contributed by atoms with Crippen LogP contribution in [0.2, 0.25) is 0 Å². The van der Waals surface area contributed by atoms with Crippen LogP contribution in [0.15, 0.2) is 0 Å². The highest BCUT2D eigenvalue weighted by Gasteiger charge is 2.30. The van der Waals surface area contributed by atoms with Crippen LogP contribution in [-0.2, 0) is 16.1 Å². The molecule has 1 fully saturated rings. The fourth-order valence-electron chi connectivity index (χ4n) is 1.42. The van der Waals surface area contributed by atoms with E-state index in [9.17, 15) is 9.59 Å². The zero-order valence-electron chi connectivity index (χ0n) is 8.71. The van der Waals surface area contributed by atoms with Crippen molar-refractivity contribution in [3.05, 3.63) is 5.01 Å². The molecule has 1 saturated heterocycles. The van der Waals surface area contributed by atoms with Gasteiger partial charge >= 0.3 is 11.8 Å². The summed E-state index contributed by atoms with van der Waals surface area (Å²) in [6.45, 7) is 1.35. The van der Waals surface area contributed by atoms with Gasteiger partial charge in [0.1, 0.15) is 5.01 Å². The summed E-state index contributed by atoms with van der Waals surface area (Å²) in [5.74, 6) is -0.980. The Labute approximate surface area is 95.8 Å². The molecule has 2 heterocycles. The van der Waals surface area contributed by atoms with Gasteiger partial charge in [-0.05, 0) is 0 Å². The van der Waals surface area contributed by atoms with Crippen LogP contribution in [0.4, 0.5) is 5.13 Å². The maximum atomic E-state index is 11.6. The van der Waals surface area contributed by atoms with Crippen molar-refractivity contribution < 1.29 is 9.59 Å². The third-order valence-electron chi connectivity index (χ3n) is 2.33. The molecule has 7 nitrogen and oxygen atoms in total. The van der Waals surface area contributed by atoms with Crippen molar-refractivity contribution in [2.45, 2.75) is 6.54 Å². The lowest BCUT2D eigenvalue weighted by Gasteiger charge is -2.30. The van der Waals surface area contributed by atoms with E-state index in [2.05, 4.69) is 10.2 Å². The highest BCUT2D eigenvalue weighted by Crippen LogP contribution is 2.15. The molecule has 1 aromatic rings. The lowest BCUT2D eigenvalue weighted by Crippen LogP contribution is -2.52. The van der Waals surface area contributed by atoms with Crippen molar-refractivity contribution in [1.82, 2.24) is 20.0 Å². The van der Waals surface area contributed by atoms with Crippen LogP contribution in [0.1, 0.15) is 5.01 Å². The largest absolute Gasteiger partial charge is 0.374 e. The second kappa shape index (κ2) is 4.05. The van der Waals surface area contributed by atoms with Gasteiger partial charge in [0.2, 0.25) is 5.13 Å². The molecule has 1 aromatic heterocycles. The number of rotatable bonds is 2. The number of piperazine rings is 1. The maximum absolute atomic E-state index is 11.6. The Balaban J connectivity index is 2.06. The summed E-state index contributed by atoms with van der Waals surface area (Å²) in [4.78, 5) is 25.9. The van der Waals surface area contributed by atoms with Crippen LogP contribution in [0.3, 0.4) is 0 Å². The van der Waals surface area contributed by atoms with Crippen molar-refractivity contribution >= 4 is 28.3 Å². The fraction of sp³-hybridized carbons (Fsp3) is 0.500. The molecule has 2 rings (SSSR count). The number of nitrogens with two attached hydrogens (primary N) is 1. The number of anilines is 1. The lowest BCUT2D eigenvalue weighted by atomic mass is 10.3. The molecule has 0 radical (unpaired) electrons. The molecule has 16 heavy (non-hydrogen) atoms. The average molecular weight is 241 g/mol. The molecule has 0 aromatic carbocycles. The number of amides is 2. The highest BCUT2D eigenvalue weighted by molar-refractivity contribution is 7.15. The van der Waals surface area contributed by atoms with Crippen molar-refractivity contribution in [3.8, 4) is 0 Å². The molecule has 0 saturated carbocycles. The van der Waals surface area contributed by atoms with Gasteiger partial charge in [0.15, 0.2) is 0 Å². The Hall–Kier alpha value is -1.70. The Morgan fingerprint density at radius 2 is 2.06 bits per heavy atom. The second-order valence-corrected chi connectivity index (χ2v) is 4.58. The predicted molar refractivity (Wildman–Crippen MR) is 57.4 cm³/mol. The van der Waals surface area contributed by atoms with E-state index in [1.807, 2.05) is 0 Å². The second-order valence-electron chi connectivity index (χ2n) is 3.49. The minimum Gasteiger partial charge on any atom is -0.374 e. The summed E-state index contributed by atoms with van der Waals surface area (Å²) in [5.41, 5.74) is 5.43. The molecule has 1 aliphatic rings. The number of likely N-dealkylation sites (N-methyl/N-ethyl adjacent to an activating group) is 1. The first kappa shape index (κ1) is 10.8. The van der Waals surface area contributed by atoms with Crippen LogP contribution >= 0.6 is 11.3 Å². The van der Waals surface area contributed by atoms with E-state index in [1.54, 1.807) is 7.05 Å². The molecule has 1 aliphatic heterocycles. The molecule has 2 N–H and O–H groups in total. The Morgan fingerprint density at radius 1 is 1.31 bits per heavy atom. The van der Waals surface area contributed by atoms with Gasteiger partial charge in [-0.2, -0.15) is 0 Å². The quantitative estimate of drug-likeness (QED) is 0.665. The molecule has 0 aliphatic carbocycles. The lowest BCUT2D eigenvalue weighted by molar-refractivity contribution is -0.155. The Bertz CT molecular complexity index is 432. The molecule has 0 unspecified atom stereocenters. The normalized spacial score (nSPS) is 17.1. The van der Waals surface area contributed by atoms with Crippen molar-refractivity contribution in [2.75, 3.05) is 25.9 Å². The van der Waals surface area contributed by atoms with Crippen LogP contribution in [0, 0.1) is 0 Å². The van der Waals surface area contributed by atoms with E-state index in [0.29, 0.717) is 29.8 Å². The first-order valence-electron chi connectivity index (χ1n) is 4.70. The van der Waals surface area contributed by atoms with E-state index in [4.69, 9.17) is 5.73 Å². The number of nitrogen functional groups attached to an aromatic ring is 1. The van der Waals surface area contributed by atoms with Gasteiger partial charge in [-0.1, -0.05) is 11.3 Å². The number of carbonyl (C=O) groups excluding carboxylic acids is 2. The summed E-state index contributed by atoms with van der Waals surface area (Å²) < 4.78 is 0. The SMILES string of the molecule is CN1CCN(Cc2nnc(N)s2)C(=O)C1=O. The molecule has 2 amide bonds. The van der Waals surface area contributed by atoms with Crippen molar-refractivity contribution in [3.63, 3.8) is 0 Å². The number of carbonyl (C=O) groups is 2. The number of nitrogens with zero attached hydrogens (tertiary/aromatic N) is 4. The van der Waals surface area contributed by atoms with E-state index in [1.165, 1.54) is 21.1 Å². The number of hydrogen-bond donors (Lipinski definition) is 1. The summed E-state index contributed by atoms with van der Waals surface area (Å²) in [7, 11) is 1.61. The topological polar surface area (TPSA) is 92.4 Å². The molecule has 0 atom stereocenters. The summed E-state index contributed by atoms with van der Waals surface area (Å²) in [5, 5.41) is 8.47. The van der Waals surface area contributed by atoms with Gasteiger partial charge in [0.25, 0.3) is 0 Å². The third kappa shape index (κ3) is 1.96. The van der Waals surface area contributed by atoms with E-state index in [0.717, 1.165) is 0 Å². The van der Waals surface area contributed by atoms with Gasteiger partial charge in [-0.25, -0.2) is 0 Å². The number of aromatic nitrogens is 2. The standard InChI is InChI=1S/C8H11N5O2S/c1-12-2-3-13(7(15)6(12)14)4-5-10-11-8(9)16-5/h2-4H2,1H3,(H2,9,11). The monoisotopic (exact) mass is 241 g/mol. The van der Waals surface area contributed by atoms with Crippen LogP contribution < -0.4 is 5.73 Å². The summed E-state index contributed by atoms with van der Waals surface area (Å²) in [6.07, 6.45) is 0. The van der Waals surface area contributed by atoms with Crippen LogP contribution in [-0.4, -0.2) is 51.9 Å². The van der Waals surface area contributed by atoms with Gasteiger partial charge in [0, 0.05) is 20.1 Å². The average Bonchev–Trinajstić information content (AvgIpc) is 2.65. The van der Waals surface area contributed by atoms with Crippen molar-refractivity contribution in [2.24, 2.45) is 0 Å². The van der Waals surface area contributed by atoms with E-state index < -0.39 is 11.8 Å². The fourth-order valence-corrected chi connectivity index (χ4v) is 2.04. The zero-order valence-corrected chi connectivity index (χ0v) is 9.53. The molecular formula is C8H11N5O2S. The van der Waals surface area contributed by atoms with Gasteiger partial charge in [-0.3, -0.25) is 9.59 Å². The third-order valence-corrected chi connectivity index (χ3v) is 3.07. The highest BCUT2D eigenvalue weighted by atomic mass is 32.1. The summed E-state index contributed by atoms with van der Waals surface area (Å²) in [6, 6.07) is 0. The Kier molecular flexibility index (Phi) is 2.73. The van der Waals surface area contributed by atoms with E-state index in [-0.39, 0.29) is 0 Å². The maximum Gasteiger partial charge on any atom is 0.312 e. The van der Waals surface area contributed by atoms with Crippen LogP contribution in [0.25, 0.3) is 0 Å². The van der Waals surface area contributed by atoms with Crippen LogP contribution in [0.5, 0.6) is 0 Å². The predicted octanol–water partition coefficient (Wildman–Crippen LogP) is -1.08. The molecule has 86 valence electrons. The van der Waals surface area contributed by atoms with Gasteiger partial charge in [-0.15, -0.1) is 10.2 Å². The first-order chi connectivity index (χ1) is 7.58.